The Balaban J connectivity index is 1.41. The van der Waals surface area contributed by atoms with Crippen LogP contribution in [-0.4, -0.2) is 33.8 Å². The number of aromatic nitrogens is 1. The van der Waals surface area contributed by atoms with Gasteiger partial charge < -0.3 is 15.0 Å². The molecule has 1 fully saturated rings. The van der Waals surface area contributed by atoms with Crippen LogP contribution in [0.25, 0.3) is 0 Å². The Kier molecular flexibility index (Phi) is 5.53. The molecule has 0 bridgehead atoms. The number of carbonyl (C=O) groups is 2. The van der Waals surface area contributed by atoms with Crippen molar-refractivity contribution in [2.24, 2.45) is 5.92 Å². The van der Waals surface area contributed by atoms with Crippen molar-refractivity contribution in [2.45, 2.75) is 51.7 Å². The summed E-state index contributed by atoms with van der Waals surface area (Å²) >= 11 is 7.38. The van der Waals surface area contributed by atoms with Crippen molar-refractivity contribution in [3.63, 3.8) is 0 Å². The molecular weight excluding hydrogens is 410 g/mol. The van der Waals surface area contributed by atoms with Gasteiger partial charge in [0.15, 0.2) is 10.7 Å². The van der Waals surface area contributed by atoms with E-state index in [0.29, 0.717) is 35.4 Å². The normalized spacial score (nSPS) is 16.7. The van der Waals surface area contributed by atoms with Gasteiger partial charge in [-0.15, -0.1) is 0 Å². The molecule has 0 saturated heterocycles. The molecule has 0 spiro atoms. The van der Waals surface area contributed by atoms with Gasteiger partial charge in [0.1, 0.15) is 5.75 Å². The molecule has 29 heavy (non-hydrogen) atoms. The van der Waals surface area contributed by atoms with Crippen LogP contribution in [0.4, 0.5) is 5.13 Å². The highest BCUT2D eigenvalue weighted by Gasteiger charge is 2.36. The number of fused-ring (bicyclic) bond motifs is 1. The highest BCUT2D eigenvalue weighted by molar-refractivity contribution is 7.15. The maximum absolute atomic E-state index is 13.1. The molecular formula is C21H24ClN3O3S. The van der Waals surface area contributed by atoms with E-state index in [4.69, 9.17) is 16.3 Å². The quantitative estimate of drug-likeness (QED) is 0.764. The van der Waals surface area contributed by atoms with Crippen LogP contribution in [0.1, 0.15) is 43.7 Å². The number of benzene rings is 1. The molecule has 1 aliphatic carbocycles. The maximum Gasteiger partial charge on any atom is 0.266 e. The highest BCUT2D eigenvalue weighted by atomic mass is 35.5. The first-order valence-electron chi connectivity index (χ1n) is 9.85. The van der Waals surface area contributed by atoms with Crippen molar-refractivity contribution in [1.82, 2.24) is 9.88 Å². The van der Waals surface area contributed by atoms with E-state index in [9.17, 15) is 9.59 Å². The number of ether oxygens (including phenoxy) is 1. The molecule has 2 aliphatic rings. The molecule has 8 heteroatoms. The first-order chi connectivity index (χ1) is 13.8. The van der Waals surface area contributed by atoms with Crippen LogP contribution < -0.4 is 10.1 Å². The van der Waals surface area contributed by atoms with E-state index in [-0.39, 0.29) is 17.7 Å². The van der Waals surface area contributed by atoms with Crippen LogP contribution in [0.5, 0.6) is 5.75 Å². The van der Waals surface area contributed by atoms with E-state index in [2.05, 4.69) is 10.3 Å². The zero-order valence-electron chi connectivity index (χ0n) is 16.5. The lowest BCUT2D eigenvalue weighted by Gasteiger charge is -2.34. The standard InChI is InChI=1S/C21H24ClN3O3S/c1-21(2,28-15-8-6-14(22)7-9-15)19(27)25-11-10-16-17(12-25)29-20(23-16)24-18(26)13-4-3-5-13/h6-9,13H,3-5,10-12H2,1-2H3,(H,23,24,26). The van der Waals surface area contributed by atoms with Crippen LogP contribution in [0.3, 0.4) is 0 Å². The Morgan fingerprint density at radius 1 is 1.28 bits per heavy atom. The molecule has 0 unspecified atom stereocenters. The topological polar surface area (TPSA) is 71.5 Å². The number of hydrogen-bond acceptors (Lipinski definition) is 5. The van der Waals surface area contributed by atoms with Crippen molar-refractivity contribution in [2.75, 3.05) is 11.9 Å². The fourth-order valence-corrected chi connectivity index (χ4v) is 4.67. The van der Waals surface area contributed by atoms with Crippen molar-refractivity contribution in [3.05, 3.63) is 39.9 Å². The summed E-state index contributed by atoms with van der Waals surface area (Å²) in [6, 6.07) is 6.99. The van der Waals surface area contributed by atoms with Gasteiger partial charge in [-0.3, -0.25) is 9.59 Å². The molecule has 2 aromatic rings. The predicted octanol–water partition coefficient (Wildman–Crippen LogP) is 4.28. The predicted molar refractivity (Wildman–Crippen MR) is 113 cm³/mol. The number of amides is 2. The molecule has 2 amide bonds. The summed E-state index contributed by atoms with van der Waals surface area (Å²) in [5, 5.41) is 4.20. The third kappa shape index (κ3) is 4.41. The number of thiazole rings is 1. The minimum absolute atomic E-state index is 0.0628. The van der Waals surface area contributed by atoms with Crippen LogP contribution in [-0.2, 0) is 22.6 Å². The average molecular weight is 434 g/mol. The molecule has 1 N–H and O–H groups in total. The Labute approximate surface area is 179 Å². The Hall–Kier alpha value is -2.12. The molecule has 1 aromatic heterocycles. The molecule has 1 aliphatic heterocycles. The molecule has 154 valence electrons. The van der Waals surface area contributed by atoms with Crippen LogP contribution >= 0.6 is 22.9 Å². The average Bonchev–Trinajstić information content (AvgIpc) is 3.02. The molecule has 0 atom stereocenters. The Morgan fingerprint density at radius 2 is 2.00 bits per heavy atom. The van der Waals surface area contributed by atoms with Crippen molar-refractivity contribution in [1.29, 1.82) is 0 Å². The summed E-state index contributed by atoms with van der Waals surface area (Å²) in [5.74, 6) is 0.711. The summed E-state index contributed by atoms with van der Waals surface area (Å²) in [6.07, 6.45) is 3.72. The Morgan fingerprint density at radius 3 is 2.66 bits per heavy atom. The number of anilines is 1. The maximum atomic E-state index is 13.1. The van der Waals surface area contributed by atoms with Crippen LogP contribution in [0, 0.1) is 5.92 Å². The van der Waals surface area contributed by atoms with Crippen LogP contribution in [0.2, 0.25) is 5.02 Å². The van der Waals surface area contributed by atoms with Crippen molar-refractivity contribution < 1.29 is 14.3 Å². The first-order valence-corrected chi connectivity index (χ1v) is 11.0. The lowest BCUT2D eigenvalue weighted by atomic mass is 9.85. The van der Waals surface area contributed by atoms with Gasteiger partial charge >= 0.3 is 0 Å². The number of halogens is 1. The van der Waals surface area contributed by atoms with Gasteiger partial charge in [-0.25, -0.2) is 4.98 Å². The molecule has 6 nitrogen and oxygen atoms in total. The van der Waals surface area contributed by atoms with Gasteiger partial charge in [-0.1, -0.05) is 29.4 Å². The summed E-state index contributed by atoms with van der Waals surface area (Å²) < 4.78 is 5.94. The number of nitrogens with one attached hydrogen (secondary N) is 1. The van der Waals surface area contributed by atoms with Gasteiger partial charge in [0.2, 0.25) is 5.91 Å². The second-order valence-electron chi connectivity index (χ2n) is 8.05. The first kappa shape index (κ1) is 20.2. The SMILES string of the molecule is CC(C)(Oc1ccc(Cl)cc1)C(=O)N1CCc2nc(NC(=O)C3CCC3)sc2C1. The van der Waals surface area contributed by atoms with Gasteiger partial charge in [0.25, 0.3) is 5.91 Å². The lowest BCUT2D eigenvalue weighted by Crippen LogP contribution is -2.50. The number of rotatable bonds is 5. The van der Waals surface area contributed by atoms with E-state index in [1.165, 1.54) is 11.3 Å². The molecule has 4 rings (SSSR count). The smallest absolute Gasteiger partial charge is 0.266 e. The highest BCUT2D eigenvalue weighted by Crippen LogP contribution is 2.32. The summed E-state index contributed by atoms with van der Waals surface area (Å²) in [6.45, 7) is 4.62. The van der Waals surface area contributed by atoms with E-state index in [1.807, 2.05) is 0 Å². The largest absolute Gasteiger partial charge is 0.478 e. The fourth-order valence-electron chi connectivity index (χ4n) is 3.52. The molecule has 1 saturated carbocycles. The molecule has 0 radical (unpaired) electrons. The lowest BCUT2D eigenvalue weighted by molar-refractivity contribution is -0.146. The monoisotopic (exact) mass is 433 g/mol. The number of hydrogen-bond donors (Lipinski definition) is 1. The zero-order valence-corrected chi connectivity index (χ0v) is 18.1. The van der Waals surface area contributed by atoms with Gasteiger partial charge in [-0.05, 0) is 51.0 Å². The minimum atomic E-state index is -1.00. The van der Waals surface area contributed by atoms with Gasteiger partial charge in [0, 0.05) is 28.8 Å². The number of carbonyl (C=O) groups excluding carboxylic acids is 2. The third-order valence-electron chi connectivity index (χ3n) is 5.43. The van der Waals surface area contributed by atoms with E-state index < -0.39 is 5.60 Å². The molecule has 1 aromatic carbocycles. The van der Waals surface area contributed by atoms with Crippen molar-refractivity contribution >= 4 is 39.9 Å². The summed E-state index contributed by atoms with van der Waals surface area (Å²) in [4.78, 5) is 32.7. The summed E-state index contributed by atoms with van der Waals surface area (Å²) in [7, 11) is 0. The van der Waals surface area contributed by atoms with E-state index in [1.54, 1.807) is 43.0 Å². The van der Waals surface area contributed by atoms with Crippen molar-refractivity contribution in [3.8, 4) is 5.75 Å². The zero-order chi connectivity index (χ0) is 20.6. The van der Waals surface area contributed by atoms with Gasteiger partial charge in [0.05, 0.1) is 12.2 Å². The third-order valence-corrected chi connectivity index (χ3v) is 6.68. The van der Waals surface area contributed by atoms with Gasteiger partial charge in [-0.2, -0.15) is 0 Å². The summed E-state index contributed by atoms with van der Waals surface area (Å²) in [5.41, 5.74) is -0.0310. The van der Waals surface area contributed by atoms with E-state index >= 15 is 0 Å². The molecule has 2 heterocycles. The minimum Gasteiger partial charge on any atom is -0.478 e. The fraction of sp³-hybridized carbons (Fsp3) is 0.476. The van der Waals surface area contributed by atoms with E-state index in [0.717, 1.165) is 29.8 Å². The van der Waals surface area contributed by atoms with Crippen LogP contribution in [0.15, 0.2) is 24.3 Å². The second-order valence-corrected chi connectivity index (χ2v) is 9.57. The Bertz CT molecular complexity index is 922. The number of nitrogens with zero attached hydrogens (tertiary/aromatic N) is 2. The second kappa shape index (κ2) is 7.95.